The molecule has 0 unspecified atom stereocenters. The second kappa shape index (κ2) is 14.6. The molecule has 1 heterocycles. The number of nitrogens with zero attached hydrogens (tertiary/aromatic N) is 1. The zero-order valence-corrected chi connectivity index (χ0v) is 26.9. The number of thiocarbonyl (C=S) groups is 1. The van der Waals surface area contributed by atoms with Crippen molar-refractivity contribution >= 4 is 58.2 Å². The van der Waals surface area contributed by atoms with Crippen LogP contribution in [0.3, 0.4) is 0 Å². The summed E-state index contributed by atoms with van der Waals surface area (Å²) < 4.78 is 48.5. The van der Waals surface area contributed by atoms with Crippen molar-refractivity contribution in [2.75, 3.05) is 20.3 Å². The normalized spacial score (nSPS) is 14.0. The van der Waals surface area contributed by atoms with Crippen LogP contribution in [-0.2, 0) is 23.9 Å². The summed E-state index contributed by atoms with van der Waals surface area (Å²) in [6.07, 6.45) is 1.33. The Bertz CT molecular complexity index is 1720. The van der Waals surface area contributed by atoms with Crippen molar-refractivity contribution in [2.45, 2.75) is 32.8 Å². The Hall–Kier alpha value is -4.62. The maximum absolute atomic E-state index is 13.9. The molecule has 0 aromatic heterocycles. The van der Waals surface area contributed by atoms with Gasteiger partial charge in [0, 0.05) is 12.1 Å². The van der Waals surface area contributed by atoms with Crippen molar-refractivity contribution < 1.29 is 46.9 Å². The van der Waals surface area contributed by atoms with E-state index in [9.17, 15) is 28.0 Å². The average molecular weight is 670 g/mol. The number of halogens is 2. The van der Waals surface area contributed by atoms with Crippen molar-refractivity contribution in [3.8, 4) is 22.6 Å². The molecule has 1 saturated heterocycles. The Morgan fingerprint density at radius 1 is 0.935 bits per heavy atom. The van der Waals surface area contributed by atoms with Gasteiger partial charge in [-0.1, -0.05) is 36.1 Å². The number of rotatable bonds is 10. The molecule has 46 heavy (non-hydrogen) atoms. The number of ether oxygens (including phenoxy) is 4. The fraction of sp³-hybridized carbons (Fsp3) is 0.242. The Morgan fingerprint density at radius 3 is 2.26 bits per heavy atom. The second-order valence-electron chi connectivity index (χ2n) is 10.8. The summed E-state index contributed by atoms with van der Waals surface area (Å²) in [4.78, 5) is 51.2. The molecule has 1 aliphatic rings. The van der Waals surface area contributed by atoms with Gasteiger partial charge in [-0.15, -0.1) is 0 Å². The van der Waals surface area contributed by atoms with Gasteiger partial charge in [0.2, 0.25) is 0 Å². The number of amides is 1. The third-order valence-corrected chi connectivity index (χ3v) is 7.63. The number of benzene rings is 3. The Kier molecular flexibility index (Phi) is 10.9. The van der Waals surface area contributed by atoms with Crippen LogP contribution in [0.1, 0.15) is 43.1 Å². The molecule has 0 saturated carbocycles. The monoisotopic (exact) mass is 669 g/mol. The molecule has 0 bridgehead atoms. The average Bonchev–Trinajstić information content (AvgIpc) is 3.27. The summed E-state index contributed by atoms with van der Waals surface area (Å²) in [5, 5.41) is 0. The van der Waals surface area contributed by atoms with Crippen molar-refractivity contribution in [3.05, 3.63) is 88.3 Å². The molecule has 9 nitrogen and oxygen atoms in total. The van der Waals surface area contributed by atoms with Crippen molar-refractivity contribution in [1.82, 2.24) is 4.90 Å². The number of methoxy groups -OCH3 is 1. The Balaban J connectivity index is 1.46. The zero-order valence-electron chi connectivity index (χ0n) is 25.3. The first-order chi connectivity index (χ1) is 21.7. The van der Waals surface area contributed by atoms with Gasteiger partial charge in [-0.2, -0.15) is 0 Å². The molecular formula is C33H29F2NO8S2. The van der Waals surface area contributed by atoms with Crippen LogP contribution in [0.2, 0.25) is 0 Å². The molecule has 13 heteroatoms. The molecule has 0 aliphatic carbocycles. The van der Waals surface area contributed by atoms with Crippen LogP contribution in [0.5, 0.6) is 11.5 Å². The largest absolute Gasteiger partial charge is 0.481 e. The van der Waals surface area contributed by atoms with Crippen LogP contribution < -0.4 is 9.47 Å². The first-order valence-electron chi connectivity index (χ1n) is 13.8. The van der Waals surface area contributed by atoms with Crippen LogP contribution in [0.4, 0.5) is 8.78 Å². The van der Waals surface area contributed by atoms with Crippen LogP contribution in [0, 0.1) is 11.6 Å². The van der Waals surface area contributed by atoms with E-state index in [1.807, 2.05) is 0 Å². The first-order valence-corrected chi connectivity index (χ1v) is 15.0. The molecule has 0 N–H and O–H groups in total. The minimum absolute atomic E-state index is 0.0581. The van der Waals surface area contributed by atoms with Gasteiger partial charge in [0.05, 0.1) is 24.0 Å². The third kappa shape index (κ3) is 8.98. The summed E-state index contributed by atoms with van der Waals surface area (Å²) >= 11 is 6.39. The quantitative estimate of drug-likeness (QED) is 0.105. The van der Waals surface area contributed by atoms with E-state index in [4.69, 9.17) is 26.4 Å². The molecule has 1 amide bonds. The molecule has 1 fully saturated rings. The topological polar surface area (TPSA) is 108 Å². The van der Waals surface area contributed by atoms with Crippen molar-refractivity contribution in [1.29, 1.82) is 0 Å². The second-order valence-corrected chi connectivity index (χ2v) is 12.5. The molecule has 0 spiro atoms. The molecule has 1 aliphatic heterocycles. The van der Waals surface area contributed by atoms with E-state index in [1.54, 1.807) is 32.9 Å². The number of carbonyl (C=O) groups is 4. The van der Waals surface area contributed by atoms with Gasteiger partial charge in [-0.25, -0.2) is 18.4 Å². The highest BCUT2D eigenvalue weighted by Gasteiger charge is 2.32. The van der Waals surface area contributed by atoms with Crippen LogP contribution in [0.25, 0.3) is 17.2 Å². The van der Waals surface area contributed by atoms with E-state index in [-0.39, 0.29) is 33.7 Å². The lowest BCUT2D eigenvalue weighted by atomic mass is 10.0. The van der Waals surface area contributed by atoms with E-state index in [0.29, 0.717) is 22.3 Å². The number of carbonyl (C=O) groups excluding carboxylic acids is 4. The fourth-order valence-corrected chi connectivity index (χ4v) is 5.36. The van der Waals surface area contributed by atoms with E-state index < -0.39 is 47.7 Å². The fourth-order valence-electron chi connectivity index (χ4n) is 4.06. The highest BCUT2D eigenvalue weighted by molar-refractivity contribution is 8.26. The van der Waals surface area contributed by atoms with Crippen molar-refractivity contribution in [3.63, 3.8) is 0 Å². The van der Waals surface area contributed by atoms with Gasteiger partial charge in [0.25, 0.3) is 5.91 Å². The van der Waals surface area contributed by atoms with E-state index in [2.05, 4.69) is 4.74 Å². The highest BCUT2D eigenvalue weighted by Crippen LogP contribution is 2.36. The Morgan fingerprint density at radius 2 is 1.61 bits per heavy atom. The van der Waals surface area contributed by atoms with Gasteiger partial charge < -0.3 is 18.9 Å². The molecule has 3 aromatic rings. The lowest BCUT2D eigenvalue weighted by Crippen LogP contribution is -2.31. The van der Waals surface area contributed by atoms with Crippen LogP contribution >= 0.6 is 24.0 Å². The lowest BCUT2D eigenvalue weighted by molar-refractivity contribution is -0.143. The molecular weight excluding hydrogens is 640 g/mol. The van der Waals surface area contributed by atoms with E-state index >= 15 is 0 Å². The summed E-state index contributed by atoms with van der Waals surface area (Å²) in [7, 11) is 1.21. The van der Waals surface area contributed by atoms with Gasteiger partial charge in [-0.05, 0) is 86.5 Å². The SMILES string of the molecule is COC(=O)COc1ccc(-c2ccc(F)c(F)c2)cc1/C=C1\SC(=S)N(CCC(=O)Oc2ccc(C(=O)OC(C)(C)C)cc2)C1=O. The van der Waals surface area contributed by atoms with E-state index in [1.165, 1.54) is 54.5 Å². The zero-order chi connectivity index (χ0) is 33.6. The minimum Gasteiger partial charge on any atom is -0.481 e. The number of thioether (sulfide) groups is 1. The minimum atomic E-state index is -1.03. The predicted octanol–water partition coefficient (Wildman–Crippen LogP) is 6.34. The predicted molar refractivity (Wildman–Crippen MR) is 171 cm³/mol. The summed E-state index contributed by atoms with van der Waals surface area (Å²) in [6, 6.07) is 14.1. The van der Waals surface area contributed by atoms with Gasteiger partial charge in [0.1, 0.15) is 21.4 Å². The van der Waals surface area contributed by atoms with Gasteiger partial charge in [-0.3, -0.25) is 14.5 Å². The number of hydrogen-bond donors (Lipinski definition) is 0. The first kappa shape index (κ1) is 34.3. The standard InChI is InChI=1S/C33H29F2NO8S2/c1-33(2,3)44-31(40)19-5-9-23(10-6-19)43-28(37)13-14-36-30(39)27(46-32(36)45)17-22-15-20(21-7-11-24(34)25(35)16-21)8-12-26(22)42-18-29(38)41-4/h5-12,15-17H,13-14,18H2,1-4H3/b27-17-. The smallest absolute Gasteiger partial charge is 0.343 e. The van der Waals surface area contributed by atoms with Crippen LogP contribution in [0.15, 0.2) is 65.6 Å². The third-order valence-electron chi connectivity index (χ3n) is 6.26. The number of hydrogen-bond acceptors (Lipinski definition) is 10. The maximum Gasteiger partial charge on any atom is 0.343 e. The van der Waals surface area contributed by atoms with Crippen molar-refractivity contribution in [2.24, 2.45) is 0 Å². The highest BCUT2D eigenvalue weighted by atomic mass is 32.2. The Labute approximate surface area is 273 Å². The van der Waals surface area contributed by atoms with Crippen LogP contribution in [-0.4, -0.2) is 58.9 Å². The van der Waals surface area contributed by atoms with Gasteiger partial charge >= 0.3 is 17.9 Å². The van der Waals surface area contributed by atoms with Gasteiger partial charge in [0.15, 0.2) is 18.2 Å². The molecule has 3 aromatic carbocycles. The lowest BCUT2D eigenvalue weighted by Gasteiger charge is -2.19. The molecule has 0 radical (unpaired) electrons. The van der Waals surface area contributed by atoms with E-state index in [0.717, 1.165) is 23.9 Å². The molecule has 0 atom stereocenters. The number of esters is 3. The maximum atomic E-state index is 13.9. The summed E-state index contributed by atoms with van der Waals surface area (Å²) in [6.45, 7) is 4.80. The molecule has 240 valence electrons. The summed E-state index contributed by atoms with van der Waals surface area (Å²) in [5.74, 6) is -3.82. The molecule has 4 rings (SSSR count). The summed E-state index contributed by atoms with van der Waals surface area (Å²) in [5.41, 5.74) is 0.874.